The SMILES string of the molecule is O=C(c1cnc(-c2ncccn2)o1)N1CCc2[nH]cnc2C1c1cc2c(C(F)(F)F)cccn2n1. The number of alkyl halides is 3. The van der Waals surface area contributed by atoms with Crippen molar-refractivity contribution in [3.63, 3.8) is 0 Å². The van der Waals surface area contributed by atoms with Crippen LogP contribution in [-0.4, -0.2) is 51.9 Å². The monoisotopic (exact) mass is 480 g/mol. The number of pyridine rings is 1. The van der Waals surface area contributed by atoms with Crippen molar-refractivity contribution in [2.75, 3.05) is 6.54 Å². The molecule has 1 N–H and O–H groups in total. The van der Waals surface area contributed by atoms with Crippen LogP contribution in [0.5, 0.6) is 0 Å². The van der Waals surface area contributed by atoms with E-state index in [-0.39, 0.29) is 35.2 Å². The van der Waals surface area contributed by atoms with Gasteiger partial charge in [-0.25, -0.2) is 24.5 Å². The molecular weight excluding hydrogens is 465 g/mol. The average molecular weight is 480 g/mol. The maximum Gasteiger partial charge on any atom is 0.418 e. The fourth-order valence-electron chi connectivity index (χ4n) is 4.23. The molecule has 0 radical (unpaired) electrons. The Balaban J connectivity index is 1.42. The second-order valence-corrected chi connectivity index (χ2v) is 7.84. The number of imidazole rings is 1. The highest BCUT2D eigenvalue weighted by molar-refractivity contribution is 5.92. The van der Waals surface area contributed by atoms with Gasteiger partial charge in [-0.1, -0.05) is 0 Å². The maximum atomic E-state index is 13.6. The first kappa shape index (κ1) is 21.0. The zero-order valence-corrected chi connectivity index (χ0v) is 17.8. The number of aromatic nitrogens is 7. The number of carbonyl (C=O) groups excluding carboxylic acids is 1. The van der Waals surface area contributed by atoms with Gasteiger partial charge in [0.25, 0.3) is 11.8 Å². The predicted octanol–water partition coefficient (Wildman–Crippen LogP) is 3.31. The molecule has 176 valence electrons. The Morgan fingerprint density at radius 1 is 1.14 bits per heavy atom. The van der Waals surface area contributed by atoms with E-state index in [1.807, 2.05) is 0 Å². The van der Waals surface area contributed by atoms with E-state index in [9.17, 15) is 18.0 Å². The molecule has 6 heterocycles. The highest BCUT2D eigenvalue weighted by Crippen LogP contribution is 2.37. The molecule has 5 aromatic rings. The largest absolute Gasteiger partial charge is 0.428 e. The number of fused-ring (bicyclic) bond motifs is 2. The number of hydrogen-bond donors (Lipinski definition) is 1. The topological polar surface area (TPSA) is 118 Å². The van der Waals surface area contributed by atoms with Gasteiger partial charge in [-0.2, -0.15) is 18.3 Å². The fraction of sp³-hybridized carbons (Fsp3) is 0.182. The normalized spacial score (nSPS) is 16.0. The lowest BCUT2D eigenvalue weighted by Gasteiger charge is -2.33. The third-order valence-electron chi connectivity index (χ3n) is 5.77. The minimum Gasteiger partial charge on any atom is -0.428 e. The number of amides is 1. The molecule has 0 saturated heterocycles. The molecule has 0 bridgehead atoms. The lowest BCUT2D eigenvalue weighted by atomic mass is 9.99. The molecule has 0 saturated carbocycles. The number of aromatic amines is 1. The van der Waals surface area contributed by atoms with Crippen LogP contribution < -0.4 is 0 Å². The van der Waals surface area contributed by atoms with E-state index >= 15 is 0 Å². The summed E-state index contributed by atoms with van der Waals surface area (Å²) in [7, 11) is 0. The van der Waals surface area contributed by atoms with Gasteiger partial charge in [-0.3, -0.25) is 4.79 Å². The summed E-state index contributed by atoms with van der Waals surface area (Å²) in [6.45, 7) is 0.260. The van der Waals surface area contributed by atoms with Crippen molar-refractivity contribution in [2.24, 2.45) is 0 Å². The molecular formula is C22H15F3N8O2. The van der Waals surface area contributed by atoms with Crippen molar-refractivity contribution in [1.82, 2.24) is 39.4 Å². The summed E-state index contributed by atoms with van der Waals surface area (Å²) in [6.07, 6.45) is 3.14. The number of nitrogens with one attached hydrogen (secondary N) is 1. The van der Waals surface area contributed by atoms with Gasteiger partial charge in [0, 0.05) is 37.3 Å². The molecule has 6 rings (SSSR count). The number of H-pyrrole nitrogens is 1. The standard InChI is InChI=1S/C22H15F3N8O2/c23-22(24,25)12-3-1-7-33-15(12)9-14(31-33)18-17-13(29-11-30-17)4-8-32(18)21(34)16-10-28-20(35-16)19-26-5-2-6-27-19/h1-3,5-7,9-11,18H,4,8H2,(H,29,30). The van der Waals surface area contributed by atoms with Crippen LogP contribution in [0.2, 0.25) is 0 Å². The van der Waals surface area contributed by atoms with Crippen molar-refractivity contribution in [1.29, 1.82) is 0 Å². The maximum absolute atomic E-state index is 13.6. The van der Waals surface area contributed by atoms with Crippen LogP contribution in [0.15, 0.2) is 59.8 Å². The van der Waals surface area contributed by atoms with Crippen molar-refractivity contribution in [3.05, 3.63) is 83.8 Å². The van der Waals surface area contributed by atoms with Gasteiger partial charge in [0.05, 0.1) is 35.0 Å². The van der Waals surface area contributed by atoms with Gasteiger partial charge >= 0.3 is 6.18 Å². The second kappa shape index (κ2) is 7.75. The minimum absolute atomic E-state index is 0.0591. The Morgan fingerprint density at radius 3 is 2.77 bits per heavy atom. The van der Waals surface area contributed by atoms with E-state index in [1.165, 1.54) is 48.1 Å². The molecule has 5 aromatic heterocycles. The molecule has 0 aliphatic carbocycles. The van der Waals surface area contributed by atoms with E-state index < -0.39 is 23.7 Å². The molecule has 1 unspecified atom stereocenters. The van der Waals surface area contributed by atoms with Gasteiger partial charge in [-0.05, 0) is 24.3 Å². The van der Waals surface area contributed by atoms with Crippen LogP contribution in [0.4, 0.5) is 13.2 Å². The molecule has 1 amide bonds. The zero-order chi connectivity index (χ0) is 24.2. The Labute approximate surface area is 194 Å². The smallest absolute Gasteiger partial charge is 0.418 e. The lowest BCUT2D eigenvalue weighted by Crippen LogP contribution is -2.40. The minimum atomic E-state index is -4.56. The highest BCUT2D eigenvalue weighted by atomic mass is 19.4. The fourth-order valence-corrected chi connectivity index (χ4v) is 4.23. The zero-order valence-electron chi connectivity index (χ0n) is 17.8. The first-order chi connectivity index (χ1) is 16.9. The van der Waals surface area contributed by atoms with Gasteiger partial charge in [0.1, 0.15) is 6.04 Å². The van der Waals surface area contributed by atoms with Gasteiger partial charge < -0.3 is 14.3 Å². The number of hydrogen-bond acceptors (Lipinski definition) is 7. The summed E-state index contributed by atoms with van der Waals surface area (Å²) in [6, 6.07) is 4.41. The third kappa shape index (κ3) is 3.52. The second-order valence-electron chi connectivity index (χ2n) is 7.84. The van der Waals surface area contributed by atoms with E-state index in [2.05, 4.69) is 30.0 Å². The van der Waals surface area contributed by atoms with E-state index in [4.69, 9.17) is 4.42 Å². The summed E-state index contributed by atoms with van der Waals surface area (Å²) in [5, 5.41) is 4.37. The van der Waals surface area contributed by atoms with Crippen molar-refractivity contribution >= 4 is 11.4 Å². The highest BCUT2D eigenvalue weighted by Gasteiger charge is 2.39. The number of nitrogens with zero attached hydrogens (tertiary/aromatic N) is 7. The summed E-state index contributed by atoms with van der Waals surface area (Å²) < 4.78 is 47.5. The van der Waals surface area contributed by atoms with Gasteiger partial charge in [-0.15, -0.1) is 0 Å². The van der Waals surface area contributed by atoms with Crippen molar-refractivity contribution in [2.45, 2.75) is 18.6 Å². The molecule has 1 aliphatic heterocycles. The molecule has 0 aromatic carbocycles. The Hall–Kier alpha value is -4.55. The van der Waals surface area contributed by atoms with Crippen molar-refractivity contribution in [3.8, 4) is 11.7 Å². The number of rotatable bonds is 3. The summed E-state index contributed by atoms with van der Waals surface area (Å²) in [4.78, 5) is 34.6. The average Bonchev–Trinajstić information content (AvgIpc) is 3.61. The molecule has 1 atom stereocenters. The van der Waals surface area contributed by atoms with E-state index in [0.29, 0.717) is 12.1 Å². The van der Waals surface area contributed by atoms with Crippen LogP contribution in [0.3, 0.4) is 0 Å². The van der Waals surface area contributed by atoms with E-state index in [0.717, 1.165) is 16.3 Å². The molecule has 0 fully saturated rings. The summed E-state index contributed by atoms with van der Waals surface area (Å²) in [5.41, 5.74) is 0.593. The number of halogens is 3. The van der Waals surface area contributed by atoms with E-state index in [1.54, 1.807) is 6.07 Å². The van der Waals surface area contributed by atoms with Crippen LogP contribution in [-0.2, 0) is 12.6 Å². The van der Waals surface area contributed by atoms with Crippen LogP contribution in [0.25, 0.3) is 17.2 Å². The van der Waals surface area contributed by atoms with Crippen LogP contribution >= 0.6 is 0 Å². The third-order valence-corrected chi connectivity index (χ3v) is 5.77. The first-order valence-corrected chi connectivity index (χ1v) is 10.5. The van der Waals surface area contributed by atoms with Crippen molar-refractivity contribution < 1.29 is 22.4 Å². The van der Waals surface area contributed by atoms with Crippen LogP contribution in [0, 0.1) is 0 Å². The molecule has 1 aliphatic rings. The lowest BCUT2D eigenvalue weighted by molar-refractivity contribution is -0.136. The van der Waals surface area contributed by atoms with Gasteiger partial charge in [0.2, 0.25) is 11.6 Å². The van der Waals surface area contributed by atoms with Gasteiger partial charge in [0.15, 0.2) is 0 Å². The summed E-state index contributed by atoms with van der Waals surface area (Å²) >= 11 is 0. The molecule has 0 spiro atoms. The number of carbonyl (C=O) groups is 1. The quantitative estimate of drug-likeness (QED) is 0.421. The Kier molecular flexibility index (Phi) is 4.65. The molecule has 13 heteroatoms. The Bertz CT molecular complexity index is 1540. The first-order valence-electron chi connectivity index (χ1n) is 10.5. The Morgan fingerprint density at radius 2 is 1.97 bits per heavy atom. The summed E-state index contributed by atoms with van der Waals surface area (Å²) in [5.74, 6) is -0.274. The molecule has 10 nitrogen and oxygen atoms in total. The predicted molar refractivity (Wildman–Crippen MR) is 113 cm³/mol. The van der Waals surface area contributed by atoms with Crippen LogP contribution in [0.1, 0.15) is 39.2 Å². The number of oxazole rings is 1. The molecule has 35 heavy (non-hydrogen) atoms.